The summed E-state index contributed by atoms with van der Waals surface area (Å²) in [5, 5.41) is -0.0277. The van der Waals surface area contributed by atoms with Crippen LogP contribution in [0.2, 0.25) is 5.02 Å². The molecule has 2 aliphatic rings. The lowest BCUT2D eigenvalue weighted by molar-refractivity contribution is -0.137. The van der Waals surface area contributed by atoms with Crippen molar-refractivity contribution in [3.05, 3.63) is 71.4 Å². The molecule has 194 valence electrons. The number of hydrogen-bond acceptors (Lipinski definition) is 4. The van der Waals surface area contributed by atoms with Crippen molar-refractivity contribution in [1.29, 1.82) is 0 Å². The summed E-state index contributed by atoms with van der Waals surface area (Å²) >= 11 is 5.83. The average molecular weight is 531 g/mol. The number of piperazine rings is 1. The van der Waals surface area contributed by atoms with Crippen LogP contribution in [0.15, 0.2) is 60.8 Å². The monoisotopic (exact) mass is 530 g/mol. The molecule has 2 aliphatic heterocycles. The topological polar surface area (TPSA) is 48.9 Å². The molecule has 2 atom stereocenters. The van der Waals surface area contributed by atoms with Crippen molar-refractivity contribution in [1.82, 2.24) is 9.88 Å². The van der Waals surface area contributed by atoms with Crippen molar-refractivity contribution in [2.75, 3.05) is 36.0 Å². The highest BCUT2D eigenvalue weighted by Gasteiger charge is 2.46. The van der Waals surface area contributed by atoms with Crippen LogP contribution in [0.4, 0.5) is 29.3 Å². The van der Waals surface area contributed by atoms with E-state index in [1.54, 1.807) is 11.1 Å². The van der Waals surface area contributed by atoms with E-state index >= 15 is 0 Å². The van der Waals surface area contributed by atoms with Gasteiger partial charge in [0.05, 0.1) is 41.5 Å². The molecule has 0 spiro atoms. The normalized spacial score (nSPS) is 19.8. The molecule has 3 aromatic rings. The number of rotatable bonds is 5. The number of benzene rings is 2. The summed E-state index contributed by atoms with van der Waals surface area (Å²) in [6.07, 6.45) is -2.84. The van der Waals surface area contributed by atoms with Gasteiger partial charge in [-0.1, -0.05) is 23.7 Å². The van der Waals surface area contributed by atoms with E-state index in [2.05, 4.69) is 9.88 Å². The van der Waals surface area contributed by atoms with Crippen LogP contribution >= 0.6 is 11.6 Å². The van der Waals surface area contributed by atoms with E-state index in [4.69, 9.17) is 16.3 Å². The van der Waals surface area contributed by atoms with Gasteiger partial charge in [-0.2, -0.15) is 13.2 Å². The van der Waals surface area contributed by atoms with Crippen LogP contribution in [-0.2, 0) is 6.18 Å². The molecule has 3 heterocycles. The fraction of sp³-hybridized carbons (Fsp3) is 0.333. The van der Waals surface area contributed by atoms with Crippen LogP contribution in [0.5, 0.6) is 5.75 Å². The molecule has 0 bridgehead atoms. The third-order valence-electron chi connectivity index (χ3n) is 6.81. The van der Waals surface area contributed by atoms with Gasteiger partial charge in [-0.3, -0.25) is 9.88 Å². The molecule has 0 N–H and O–H groups in total. The lowest BCUT2D eigenvalue weighted by Crippen LogP contribution is -2.56. The first kappa shape index (κ1) is 25.2. The second kappa shape index (κ2) is 9.78. The standard InChI is InChI=1S/C27H26ClF3N4O2/c1-3-37-25-7-5-4-6-21(25)23-10-9-19(13-32-23)33-15-20-16-35(26(36)34(20)14-17(33)2)24-11-8-18(28)12-22(24)27(29,30)31/h4-13,17,20H,3,14-16H2,1-2H3/t17-,20+/m1/s1. The van der Waals surface area contributed by atoms with Gasteiger partial charge < -0.3 is 14.5 Å². The van der Waals surface area contributed by atoms with Crippen molar-refractivity contribution in [3.63, 3.8) is 0 Å². The zero-order chi connectivity index (χ0) is 26.3. The van der Waals surface area contributed by atoms with Crippen molar-refractivity contribution >= 4 is 29.0 Å². The molecule has 0 saturated carbocycles. The minimum absolute atomic E-state index is 0.0277. The summed E-state index contributed by atoms with van der Waals surface area (Å²) in [4.78, 5) is 22.9. The third kappa shape index (κ3) is 4.80. The Balaban J connectivity index is 1.37. The molecule has 1 aromatic heterocycles. The number of hydrogen-bond donors (Lipinski definition) is 0. The fourth-order valence-electron chi connectivity index (χ4n) is 5.08. The number of urea groups is 1. The van der Waals surface area contributed by atoms with Gasteiger partial charge in [0, 0.05) is 36.3 Å². The molecule has 0 unspecified atom stereocenters. The predicted molar refractivity (Wildman–Crippen MR) is 137 cm³/mol. The van der Waals surface area contributed by atoms with Crippen molar-refractivity contribution < 1.29 is 22.7 Å². The first-order chi connectivity index (χ1) is 17.7. The predicted octanol–water partition coefficient (Wildman–Crippen LogP) is 6.34. The number of nitrogens with zero attached hydrogens (tertiary/aromatic N) is 4. The van der Waals surface area contributed by atoms with Crippen LogP contribution in [-0.4, -0.2) is 54.2 Å². The number of aromatic nitrogens is 1. The van der Waals surface area contributed by atoms with Gasteiger partial charge >= 0.3 is 12.2 Å². The number of carbonyl (C=O) groups excluding carboxylic acids is 1. The number of carbonyl (C=O) groups is 1. The Bertz CT molecular complexity index is 1300. The molecular formula is C27H26ClF3N4O2. The van der Waals surface area contributed by atoms with E-state index < -0.39 is 17.8 Å². The zero-order valence-corrected chi connectivity index (χ0v) is 21.1. The Labute approximate surface area is 218 Å². The zero-order valence-electron chi connectivity index (χ0n) is 20.4. The number of pyridine rings is 1. The quantitative estimate of drug-likeness (QED) is 0.386. The Morgan fingerprint density at radius 3 is 2.54 bits per heavy atom. The first-order valence-corrected chi connectivity index (χ1v) is 12.4. The summed E-state index contributed by atoms with van der Waals surface area (Å²) in [5.74, 6) is 0.761. The largest absolute Gasteiger partial charge is 0.493 e. The Morgan fingerprint density at radius 2 is 1.84 bits per heavy atom. The first-order valence-electron chi connectivity index (χ1n) is 12.1. The van der Waals surface area contributed by atoms with Crippen LogP contribution in [0.3, 0.4) is 0 Å². The molecule has 2 fully saturated rings. The molecular weight excluding hydrogens is 505 g/mol. The van der Waals surface area contributed by atoms with Gasteiger partial charge in [-0.25, -0.2) is 4.79 Å². The number of amides is 2. The smallest absolute Gasteiger partial charge is 0.418 e. The van der Waals surface area contributed by atoms with Gasteiger partial charge in [-0.05, 0) is 56.3 Å². The molecule has 2 saturated heterocycles. The van der Waals surface area contributed by atoms with E-state index in [0.29, 0.717) is 19.7 Å². The minimum Gasteiger partial charge on any atom is -0.493 e. The second-order valence-corrected chi connectivity index (χ2v) is 9.63. The number of halogens is 4. The van der Waals surface area contributed by atoms with Gasteiger partial charge in [0.25, 0.3) is 0 Å². The van der Waals surface area contributed by atoms with E-state index in [1.165, 1.54) is 17.0 Å². The summed E-state index contributed by atoms with van der Waals surface area (Å²) in [6, 6.07) is 14.4. The number of ether oxygens (including phenoxy) is 1. The van der Waals surface area contributed by atoms with Crippen molar-refractivity contribution in [3.8, 4) is 17.0 Å². The molecule has 37 heavy (non-hydrogen) atoms. The van der Waals surface area contributed by atoms with E-state index in [1.807, 2.05) is 50.2 Å². The highest BCUT2D eigenvalue weighted by atomic mass is 35.5. The van der Waals surface area contributed by atoms with Crippen molar-refractivity contribution in [2.24, 2.45) is 0 Å². The maximum absolute atomic E-state index is 13.7. The molecule has 6 nitrogen and oxygen atoms in total. The third-order valence-corrected chi connectivity index (χ3v) is 7.04. The van der Waals surface area contributed by atoms with Gasteiger partial charge in [0.1, 0.15) is 5.75 Å². The Hall–Kier alpha value is -3.46. The van der Waals surface area contributed by atoms with Gasteiger partial charge in [-0.15, -0.1) is 0 Å². The SMILES string of the molecule is CCOc1ccccc1-c1ccc(N2C[C@H]3CN(c4ccc(Cl)cc4C(F)(F)F)C(=O)N3C[C@H]2C)cn1. The van der Waals surface area contributed by atoms with Gasteiger partial charge in [0.2, 0.25) is 0 Å². The van der Waals surface area contributed by atoms with E-state index in [9.17, 15) is 18.0 Å². The highest BCUT2D eigenvalue weighted by Crippen LogP contribution is 2.41. The number of anilines is 2. The fourth-order valence-corrected chi connectivity index (χ4v) is 5.25. The van der Waals surface area contributed by atoms with Crippen LogP contribution in [0.1, 0.15) is 19.4 Å². The maximum atomic E-state index is 13.7. The van der Waals surface area contributed by atoms with E-state index in [0.717, 1.165) is 28.8 Å². The average Bonchev–Trinajstić information content (AvgIpc) is 3.19. The molecule has 2 aromatic carbocycles. The van der Waals surface area contributed by atoms with E-state index in [-0.39, 0.29) is 29.3 Å². The summed E-state index contributed by atoms with van der Waals surface area (Å²) in [7, 11) is 0. The highest BCUT2D eigenvalue weighted by molar-refractivity contribution is 6.30. The summed E-state index contributed by atoms with van der Waals surface area (Å²) in [6.45, 7) is 5.50. The lowest BCUT2D eigenvalue weighted by Gasteiger charge is -2.42. The second-order valence-electron chi connectivity index (χ2n) is 9.19. The van der Waals surface area contributed by atoms with Gasteiger partial charge in [0.15, 0.2) is 0 Å². The Kier molecular flexibility index (Phi) is 6.66. The molecule has 0 radical (unpaired) electrons. The van der Waals surface area contributed by atoms with Crippen LogP contribution in [0.25, 0.3) is 11.3 Å². The molecule has 5 rings (SSSR count). The number of para-hydroxylation sites is 1. The molecule has 2 amide bonds. The summed E-state index contributed by atoms with van der Waals surface area (Å²) in [5.41, 5.74) is 1.48. The van der Waals surface area contributed by atoms with Crippen LogP contribution in [0, 0.1) is 0 Å². The Morgan fingerprint density at radius 1 is 1.05 bits per heavy atom. The van der Waals surface area contributed by atoms with Crippen molar-refractivity contribution in [2.45, 2.75) is 32.1 Å². The maximum Gasteiger partial charge on any atom is 0.418 e. The number of fused-ring (bicyclic) bond motifs is 1. The number of alkyl halides is 3. The minimum atomic E-state index is -4.63. The molecule has 0 aliphatic carbocycles. The lowest BCUT2D eigenvalue weighted by atomic mass is 10.1. The van der Waals surface area contributed by atoms with Crippen LogP contribution < -0.4 is 14.5 Å². The summed E-state index contributed by atoms with van der Waals surface area (Å²) < 4.78 is 46.9. The molecule has 10 heteroatoms.